The Morgan fingerprint density at radius 3 is 2.88 bits per heavy atom. The number of amides is 1. The van der Waals surface area contributed by atoms with E-state index < -0.39 is 11.9 Å². The van der Waals surface area contributed by atoms with Crippen molar-refractivity contribution < 1.29 is 23.5 Å². The summed E-state index contributed by atoms with van der Waals surface area (Å²) in [7, 11) is 1.29. The van der Waals surface area contributed by atoms with E-state index in [1.807, 2.05) is 19.1 Å². The number of carbonyl (C=O) groups is 2. The summed E-state index contributed by atoms with van der Waals surface area (Å²) in [5.74, 6) is -0.224. The lowest BCUT2D eigenvalue weighted by Crippen LogP contribution is -2.12. The minimum Gasteiger partial charge on any atom is -0.490 e. The van der Waals surface area contributed by atoms with Crippen LogP contribution in [0.15, 0.2) is 40.1 Å². The molecule has 0 spiro atoms. The number of furan rings is 1. The van der Waals surface area contributed by atoms with E-state index in [4.69, 9.17) is 9.15 Å². The predicted octanol–water partition coefficient (Wildman–Crippen LogP) is 3.93. The van der Waals surface area contributed by atoms with E-state index in [1.54, 1.807) is 23.6 Å². The van der Waals surface area contributed by atoms with Gasteiger partial charge < -0.3 is 19.2 Å². The quantitative estimate of drug-likeness (QED) is 0.709. The van der Waals surface area contributed by atoms with Gasteiger partial charge in [-0.2, -0.15) is 0 Å². The molecular weight excluding hydrogens is 330 g/mol. The summed E-state index contributed by atoms with van der Waals surface area (Å²) in [6.45, 7) is 2.37. The van der Waals surface area contributed by atoms with Crippen LogP contribution in [0.4, 0.5) is 5.00 Å². The van der Waals surface area contributed by atoms with Crippen molar-refractivity contribution in [3.63, 3.8) is 0 Å². The van der Waals surface area contributed by atoms with E-state index in [9.17, 15) is 9.59 Å². The lowest BCUT2D eigenvalue weighted by Gasteiger charge is -2.03. The first kappa shape index (κ1) is 16.1. The molecule has 6 nitrogen and oxygen atoms in total. The summed E-state index contributed by atoms with van der Waals surface area (Å²) < 4.78 is 15.8. The maximum absolute atomic E-state index is 12.4. The van der Waals surface area contributed by atoms with Crippen LogP contribution in [0.3, 0.4) is 0 Å². The fourth-order valence-corrected chi connectivity index (χ4v) is 3.03. The summed E-state index contributed by atoms with van der Waals surface area (Å²) in [6, 6.07) is 8.69. The maximum atomic E-state index is 12.4. The SMILES string of the molecule is CCOc1cccc2cc(C(=O)Nc3sccc3C(=O)OC)oc12. The summed E-state index contributed by atoms with van der Waals surface area (Å²) >= 11 is 1.24. The number of hydrogen-bond donors (Lipinski definition) is 1. The van der Waals surface area contributed by atoms with Crippen LogP contribution in [0.5, 0.6) is 5.75 Å². The van der Waals surface area contributed by atoms with Gasteiger partial charge in [-0.25, -0.2) is 4.79 Å². The molecule has 0 unspecified atom stereocenters. The third-order valence-corrected chi connectivity index (χ3v) is 4.16. The topological polar surface area (TPSA) is 77.8 Å². The second-order valence-electron chi connectivity index (χ2n) is 4.83. The number of para-hydroxylation sites is 1. The molecule has 1 amide bonds. The van der Waals surface area contributed by atoms with Crippen LogP contribution in [-0.4, -0.2) is 25.6 Å². The average Bonchev–Trinajstić information content (AvgIpc) is 3.21. The van der Waals surface area contributed by atoms with Gasteiger partial charge in [0.05, 0.1) is 19.3 Å². The molecule has 1 aromatic carbocycles. The highest BCUT2D eigenvalue weighted by molar-refractivity contribution is 7.14. The number of methoxy groups -OCH3 is 1. The third-order valence-electron chi connectivity index (χ3n) is 3.33. The number of hydrogen-bond acceptors (Lipinski definition) is 6. The Labute approximate surface area is 142 Å². The number of fused-ring (bicyclic) bond motifs is 1. The van der Waals surface area contributed by atoms with Crippen LogP contribution in [0, 0.1) is 0 Å². The molecular formula is C17H15NO5S. The van der Waals surface area contributed by atoms with Gasteiger partial charge in [0.15, 0.2) is 17.1 Å². The lowest BCUT2D eigenvalue weighted by atomic mass is 10.2. The monoisotopic (exact) mass is 345 g/mol. The van der Waals surface area contributed by atoms with Crippen LogP contribution >= 0.6 is 11.3 Å². The molecule has 2 heterocycles. The fourth-order valence-electron chi connectivity index (χ4n) is 2.26. The van der Waals surface area contributed by atoms with E-state index in [1.165, 1.54) is 18.4 Å². The second kappa shape index (κ2) is 6.76. The number of carbonyl (C=O) groups excluding carboxylic acids is 2. The van der Waals surface area contributed by atoms with Crippen molar-refractivity contribution in [1.82, 2.24) is 0 Å². The number of thiophene rings is 1. The highest BCUT2D eigenvalue weighted by Crippen LogP contribution is 2.30. The Kier molecular flexibility index (Phi) is 4.52. The van der Waals surface area contributed by atoms with Gasteiger partial charge in [0.2, 0.25) is 0 Å². The molecule has 0 saturated heterocycles. The number of anilines is 1. The van der Waals surface area contributed by atoms with Gasteiger partial charge >= 0.3 is 5.97 Å². The van der Waals surface area contributed by atoms with Crippen molar-refractivity contribution in [2.45, 2.75) is 6.92 Å². The molecule has 0 atom stereocenters. The van der Waals surface area contributed by atoms with Crippen molar-refractivity contribution >= 4 is 39.2 Å². The molecule has 0 saturated carbocycles. The molecule has 3 rings (SSSR count). The van der Waals surface area contributed by atoms with E-state index in [0.717, 1.165) is 5.39 Å². The van der Waals surface area contributed by atoms with E-state index in [-0.39, 0.29) is 5.76 Å². The van der Waals surface area contributed by atoms with Crippen molar-refractivity contribution in [2.75, 3.05) is 19.0 Å². The Morgan fingerprint density at radius 2 is 2.12 bits per heavy atom. The number of rotatable bonds is 5. The van der Waals surface area contributed by atoms with Gasteiger partial charge in [-0.05, 0) is 30.5 Å². The van der Waals surface area contributed by atoms with Crippen LogP contribution in [0.25, 0.3) is 11.0 Å². The predicted molar refractivity (Wildman–Crippen MR) is 91.0 cm³/mol. The molecule has 0 aliphatic rings. The molecule has 7 heteroatoms. The minimum absolute atomic E-state index is 0.140. The van der Waals surface area contributed by atoms with Gasteiger partial charge in [0.1, 0.15) is 5.00 Å². The van der Waals surface area contributed by atoms with Gasteiger partial charge in [-0.1, -0.05) is 12.1 Å². The zero-order chi connectivity index (χ0) is 17.1. The van der Waals surface area contributed by atoms with Gasteiger partial charge in [0.25, 0.3) is 5.91 Å². The Bertz CT molecular complexity index is 895. The number of nitrogens with one attached hydrogen (secondary N) is 1. The third kappa shape index (κ3) is 2.98. The second-order valence-corrected chi connectivity index (χ2v) is 5.74. The number of esters is 1. The van der Waals surface area contributed by atoms with Gasteiger partial charge in [0, 0.05) is 5.39 Å². The molecule has 0 bridgehead atoms. The molecule has 0 aliphatic heterocycles. The normalized spacial score (nSPS) is 10.6. The molecule has 2 aromatic heterocycles. The maximum Gasteiger partial charge on any atom is 0.340 e. The summed E-state index contributed by atoms with van der Waals surface area (Å²) in [5.41, 5.74) is 0.825. The average molecular weight is 345 g/mol. The summed E-state index contributed by atoms with van der Waals surface area (Å²) in [4.78, 5) is 24.1. The largest absolute Gasteiger partial charge is 0.490 e. The Hall–Kier alpha value is -2.80. The Balaban J connectivity index is 1.88. The molecule has 124 valence electrons. The highest BCUT2D eigenvalue weighted by Gasteiger charge is 2.19. The van der Waals surface area contributed by atoms with Crippen molar-refractivity contribution in [2.24, 2.45) is 0 Å². The van der Waals surface area contributed by atoms with Gasteiger partial charge in [-0.3, -0.25) is 4.79 Å². The molecule has 0 aliphatic carbocycles. The molecule has 1 N–H and O–H groups in total. The van der Waals surface area contributed by atoms with Crippen molar-refractivity contribution in [3.05, 3.63) is 47.0 Å². The van der Waals surface area contributed by atoms with Crippen LogP contribution < -0.4 is 10.1 Å². The lowest BCUT2D eigenvalue weighted by molar-refractivity contribution is 0.0602. The highest BCUT2D eigenvalue weighted by atomic mass is 32.1. The van der Waals surface area contributed by atoms with E-state index in [2.05, 4.69) is 10.1 Å². The number of ether oxygens (including phenoxy) is 2. The van der Waals surface area contributed by atoms with E-state index >= 15 is 0 Å². The van der Waals surface area contributed by atoms with E-state index in [0.29, 0.717) is 28.5 Å². The zero-order valence-corrected chi connectivity index (χ0v) is 13.9. The summed E-state index contributed by atoms with van der Waals surface area (Å²) in [5, 5.41) is 5.56. The first-order valence-corrected chi connectivity index (χ1v) is 8.14. The molecule has 24 heavy (non-hydrogen) atoms. The smallest absolute Gasteiger partial charge is 0.340 e. The summed E-state index contributed by atoms with van der Waals surface area (Å²) in [6.07, 6.45) is 0. The van der Waals surface area contributed by atoms with Crippen LogP contribution in [-0.2, 0) is 4.74 Å². The molecule has 0 radical (unpaired) electrons. The van der Waals surface area contributed by atoms with Crippen molar-refractivity contribution in [1.29, 1.82) is 0 Å². The first-order valence-electron chi connectivity index (χ1n) is 7.26. The van der Waals surface area contributed by atoms with Crippen LogP contribution in [0.1, 0.15) is 27.8 Å². The first-order chi connectivity index (χ1) is 11.6. The number of benzene rings is 1. The standard InChI is InChI=1S/C17H15NO5S/c1-3-22-12-6-4-5-10-9-13(23-14(10)12)15(19)18-16-11(7-8-24-16)17(20)21-2/h4-9H,3H2,1-2H3,(H,18,19). The Morgan fingerprint density at radius 1 is 1.29 bits per heavy atom. The zero-order valence-electron chi connectivity index (χ0n) is 13.1. The fraction of sp³-hybridized carbons (Fsp3) is 0.176. The molecule has 3 aromatic rings. The van der Waals surface area contributed by atoms with Gasteiger partial charge in [-0.15, -0.1) is 11.3 Å². The van der Waals surface area contributed by atoms with Crippen molar-refractivity contribution in [3.8, 4) is 5.75 Å². The van der Waals surface area contributed by atoms with Crippen LogP contribution in [0.2, 0.25) is 0 Å². The molecule has 0 fully saturated rings. The minimum atomic E-state index is -0.505.